The molecule has 1 amide bonds. The number of ether oxygens (including phenoxy) is 1. The van der Waals surface area contributed by atoms with E-state index in [9.17, 15) is 9.59 Å². The molecule has 0 aliphatic carbocycles. The molecule has 0 atom stereocenters. The quantitative estimate of drug-likeness (QED) is 0.481. The van der Waals surface area contributed by atoms with Crippen molar-refractivity contribution in [3.05, 3.63) is 67.4 Å². The van der Waals surface area contributed by atoms with Crippen molar-refractivity contribution >= 4 is 54.4 Å². The number of carbonyl (C=O) groups is 1. The van der Waals surface area contributed by atoms with Crippen LogP contribution in [0.1, 0.15) is 10.4 Å². The molecular formula is C21H18Br2N2O4. The Balaban J connectivity index is 1.56. The van der Waals surface area contributed by atoms with Gasteiger partial charge in [-0.1, -0.05) is 28.1 Å². The summed E-state index contributed by atoms with van der Waals surface area (Å²) in [6, 6.07) is 13.0. The number of piperazine rings is 1. The molecular weight excluding hydrogens is 504 g/mol. The summed E-state index contributed by atoms with van der Waals surface area (Å²) < 4.78 is 12.3. The van der Waals surface area contributed by atoms with Crippen LogP contribution in [-0.2, 0) is 0 Å². The van der Waals surface area contributed by atoms with E-state index in [0.717, 1.165) is 15.9 Å². The molecule has 3 aromatic rings. The molecule has 150 valence electrons. The Morgan fingerprint density at radius 3 is 2.52 bits per heavy atom. The minimum atomic E-state index is -0.627. The van der Waals surface area contributed by atoms with E-state index in [1.54, 1.807) is 24.1 Å². The van der Waals surface area contributed by atoms with Gasteiger partial charge in [0.05, 0.1) is 17.3 Å². The fraction of sp³-hybridized carbons (Fsp3) is 0.238. The lowest BCUT2D eigenvalue weighted by atomic mass is 10.1. The van der Waals surface area contributed by atoms with E-state index in [0.29, 0.717) is 41.6 Å². The molecule has 0 N–H and O–H groups in total. The second kappa shape index (κ2) is 8.20. The molecule has 0 bridgehead atoms. The summed E-state index contributed by atoms with van der Waals surface area (Å²) in [6.45, 7) is 2.33. The number of para-hydroxylation sites is 2. The highest BCUT2D eigenvalue weighted by Crippen LogP contribution is 2.30. The van der Waals surface area contributed by atoms with Gasteiger partial charge in [0.15, 0.2) is 5.58 Å². The molecule has 0 saturated carbocycles. The third-order valence-corrected chi connectivity index (χ3v) is 6.02. The number of methoxy groups -OCH3 is 1. The molecule has 1 aliphatic heterocycles. The predicted molar refractivity (Wildman–Crippen MR) is 119 cm³/mol. The molecule has 1 aromatic heterocycles. The maximum atomic E-state index is 13.0. The smallest absolute Gasteiger partial charge is 0.349 e. The number of rotatable bonds is 3. The Kier molecular flexibility index (Phi) is 5.65. The van der Waals surface area contributed by atoms with Crippen LogP contribution in [0.2, 0.25) is 0 Å². The highest BCUT2D eigenvalue weighted by atomic mass is 79.9. The first-order valence-electron chi connectivity index (χ1n) is 9.08. The van der Waals surface area contributed by atoms with Crippen LogP contribution in [0.4, 0.5) is 5.69 Å². The second-order valence-corrected chi connectivity index (χ2v) is 8.47. The summed E-state index contributed by atoms with van der Waals surface area (Å²) in [4.78, 5) is 29.3. The van der Waals surface area contributed by atoms with Gasteiger partial charge in [0.2, 0.25) is 0 Å². The van der Waals surface area contributed by atoms with Gasteiger partial charge in [-0.15, -0.1) is 0 Å². The van der Waals surface area contributed by atoms with E-state index in [2.05, 4.69) is 36.8 Å². The van der Waals surface area contributed by atoms with E-state index >= 15 is 0 Å². The minimum absolute atomic E-state index is 0.0493. The average molecular weight is 522 g/mol. The highest BCUT2D eigenvalue weighted by Gasteiger charge is 2.26. The number of nitrogens with zero attached hydrogens (tertiary/aromatic N) is 2. The number of amides is 1. The molecule has 0 unspecified atom stereocenters. The minimum Gasteiger partial charge on any atom is -0.495 e. The normalized spacial score (nSPS) is 14.3. The first kappa shape index (κ1) is 20.0. The van der Waals surface area contributed by atoms with Crippen LogP contribution in [0.3, 0.4) is 0 Å². The molecule has 1 fully saturated rings. The molecule has 8 heteroatoms. The maximum Gasteiger partial charge on any atom is 0.349 e. The molecule has 0 spiro atoms. The zero-order chi connectivity index (χ0) is 20.5. The lowest BCUT2D eigenvalue weighted by molar-refractivity contribution is 0.0742. The zero-order valence-electron chi connectivity index (χ0n) is 15.7. The summed E-state index contributed by atoms with van der Waals surface area (Å²) in [7, 11) is 1.65. The Morgan fingerprint density at radius 2 is 1.79 bits per heavy atom. The Morgan fingerprint density at radius 1 is 1.07 bits per heavy atom. The van der Waals surface area contributed by atoms with Gasteiger partial charge in [-0.3, -0.25) is 4.79 Å². The molecule has 1 saturated heterocycles. The van der Waals surface area contributed by atoms with Gasteiger partial charge in [-0.2, -0.15) is 0 Å². The molecule has 4 rings (SSSR count). The van der Waals surface area contributed by atoms with Crippen molar-refractivity contribution in [2.24, 2.45) is 0 Å². The first-order valence-corrected chi connectivity index (χ1v) is 10.7. The molecule has 2 aromatic carbocycles. The van der Waals surface area contributed by atoms with Crippen molar-refractivity contribution in [3.63, 3.8) is 0 Å². The van der Waals surface area contributed by atoms with Gasteiger partial charge in [-0.25, -0.2) is 4.79 Å². The van der Waals surface area contributed by atoms with Crippen LogP contribution < -0.4 is 15.3 Å². The highest BCUT2D eigenvalue weighted by molar-refractivity contribution is 9.11. The topological polar surface area (TPSA) is 63.0 Å². The average Bonchev–Trinajstić information content (AvgIpc) is 2.73. The molecule has 0 radical (unpaired) electrons. The van der Waals surface area contributed by atoms with Crippen molar-refractivity contribution in [3.8, 4) is 5.75 Å². The third-order valence-electron chi connectivity index (χ3n) is 4.97. The van der Waals surface area contributed by atoms with E-state index in [4.69, 9.17) is 9.15 Å². The molecule has 1 aliphatic rings. The summed E-state index contributed by atoms with van der Waals surface area (Å²) >= 11 is 6.81. The van der Waals surface area contributed by atoms with Crippen LogP contribution in [0.5, 0.6) is 5.75 Å². The van der Waals surface area contributed by atoms with Gasteiger partial charge >= 0.3 is 5.63 Å². The fourth-order valence-electron chi connectivity index (χ4n) is 3.52. The van der Waals surface area contributed by atoms with Gasteiger partial charge in [0.1, 0.15) is 11.3 Å². The number of anilines is 1. The van der Waals surface area contributed by atoms with Crippen molar-refractivity contribution in [2.75, 3.05) is 38.2 Å². The molecule has 6 nitrogen and oxygen atoms in total. The molecule has 29 heavy (non-hydrogen) atoms. The predicted octanol–water partition coefficient (Wildman–Crippen LogP) is 4.29. The number of fused-ring (bicyclic) bond motifs is 1. The number of hydrogen-bond acceptors (Lipinski definition) is 5. The standard InChI is InChI=1S/C21H18Br2N2O4/c1-28-18-5-3-2-4-17(18)24-6-8-25(9-7-24)20(26)15-11-13-10-14(22)12-16(23)19(13)29-21(15)27/h2-5,10-12H,6-9H2,1H3. The number of benzene rings is 2. The van der Waals surface area contributed by atoms with Crippen molar-refractivity contribution in [1.82, 2.24) is 4.90 Å². The second-order valence-electron chi connectivity index (χ2n) is 6.70. The third kappa shape index (κ3) is 3.91. The Bertz CT molecular complexity index is 1140. The van der Waals surface area contributed by atoms with Crippen molar-refractivity contribution < 1.29 is 13.9 Å². The first-order chi connectivity index (χ1) is 14.0. The van der Waals surface area contributed by atoms with E-state index in [-0.39, 0.29) is 11.5 Å². The summed E-state index contributed by atoms with van der Waals surface area (Å²) in [5.41, 5.74) is 0.851. The summed E-state index contributed by atoms with van der Waals surface area (Å²) in [5, 5.41) is 0.682. The zero-order valence-corrected chi connectivity index (χ0v) is 18.8. The van der Waals surface area contributed by atoms with E-state index in [1.165, 1.54) is 0 Å². The fourth-order valence-corrected chi connectivity index (χ4v) is 4.86. The van der Waals surface area contributed by atoms with E-state index in [1.807, 2.05) is 30.3 Å². The summed E-state index contributed by atoms with van der Waals surface area (Å²) in [5.74, 6) is 0.495. The monoisotopic (exact) mass is 520 g/mol. The van der Waals surface area contributed by atoms with E-state index < -0.39 is 5.63 Å². The van der Waals surface area contributed by atoms with Crippen molar-refractivity contribution in [2.45, 2.75) is 0 Å². The van der Waals surface area contributed by atoms with Crippen LogP contribution in [0.25, 0.3) is 11.0 Å². The van der Waals surface area contributed by atoms with Gasteiger partial charge in [-0.05, 0) is 46.3 Å². The van der Waals surface area contributed by atoms with Crippen LogP contribution in [0.15, 0.2) is 60.6 Å². The lowest BCUT2D eigenvalue weighted by Crippen LogP contribution is -2.49. The lowest BCUT2D eigenvalue weighted by Gasteiger charge is -2.36. The number of halogens is 2. The SMILES string of the molecule is COc1ccccc1N1CCN(C(=O)c2cc3cc(Br)cc(Br)c3oc2=O)CC1. The van der Waals surface area contributed by atoms with Crippen molar-refractivity contribution in [1.29, 1.82) is 0 Å². The maximum absolute atomic E-state index is 13.0. The Labute approximate surface area is 184 Å². The largest absolute Gasteiger partial charge is 0.495 e. The Hall–Kier alpha value is -2.32. The van der Waals surface area contributed by atoms with Gasteiger partial charge in [0, 0.05) is 36.0 Å². The van der Waals surface area contributed by atoms with Crippen LogP contribution in [-0.4, -0.2) is 44.1 Å². The number of carbonyl (C=O) groups excluding carboxylic acids is 1. The van der Waals surface area contributed by atoms with Crippen LogP contribution in [0, 0.1) is 0 Å². The summed E-state index contributed by atoms with van der Waals surface area (Å²) in [6.07, 6.45) is 0. The van der Waals surface area contributed by atoms with Gasteiger partial charge < -0.3 is 19.0 Å². The van der Waals surface area contributed by atoms with Crippen LogP contribution >= 0.6 is 31.9 Å². The van der Waals surface area contributed by atoms with Gasteiger partial charge in [0.25, 0.3) is 5.91 Å². The number of hydrogen-bond donors (Lipinski definition) is 0. The molecule has 2 heterocycles.